The maximum atomic E-state index is 14.1. The number of ether oxygens (including phenoxy) is 1. The van der Waals surface area contributed by atoms with Crippen molar-refractivity contribution < 1.29 is 27.9 Å². The summed E-state index contributed by atoms with van der Waals surface area (Å²) in [6.45, 7) is -1.05. The zero-order chi connectivity index (χ0) is 28.7. The average Bonchev–Trinajstić information content (AvgIpc) is 3.69. The number of Topliss-reactive ketones (excluding diaryl/α,β-unsaturated/α-hetero) is 1. The second-order valence-corrected chi connectivity index (χ2v) is 12.8. The number of benzene rings is 1. The van der Waals surface area contributed by atoms with Gasteiger partial charge in [0.15, 0.2) is 19.1 Å². The third kappa shape index (κ3) is 5.36. The lowest BCUT2D eigenvalue weighted by atomic mass is 9.75. The Kier molecular flexibility index (Phi) is 9.28. The summed E-state index contributed by atoms with van der Waals surface area (Å²) in [5.74, 6) is 0.504. The van der Waals surface area contributed by atoms with Gasteiger partial charge in [-0.3, -0.25) is 14.2 Å². The van der Waals surface area contributed by atoms with Crippen LogP contribution >= 0.6 is 12.4 Å². The van der Waals surface area contributed by atoms with Gasteiger partial charge in [0.2, 0.25) is 11.6 Å². The summed E-state index contributed by atoms with van der Waals surface area (Å²) in [6.07, 6.45) is 10.4. The Bertz CT molecular complexity index is 1310. The molecule has 1 aromatic carbocycles. The fourth-order valence-corrected chi connectivity index (χ4v) is 8.16. The zero-order valence-corrected chi connectivity index (χ0v) is 24.9. The molecular weight excluding hydrogens is 564 g/mol. The highest BCUT2D eigenvalue weighted by atomic mass is 35.5. The number of esters is 1. The van der Waals surface area contributed by atoms with Crippen LogP contribution in [-0.2, 0) is 26.5 Å². The first-order chi connectivity index (χ1) is 19.9. The van der Waals surface area contributed by atoms with Crippen LogP contribution in [0.25, 0.3) is 10.9 Å². The first-order valence-electron chi connectivity index (χ1n) is 15.4. The van der Waals surface area contributed by atoms with Gasteiger partial charge in [0, 0.05) is 24.3 Å². The second kappa shape index (κ2) is 12.6. The molecule has 6 rings (SSSR count). The molecule has 0 radical (unpaired) electrons. The van der Waals surface area contributed by atoms with Crippen molar-refractivity contribution in [2.45, 2.75) is 82.4 Å². The lowest BCUT2D eigenvalue weighted by molar-refractivity contribution is -0.143. The van der Waals surface area contributed by atoms with Crippen LogP contribution in [0, 0.1) is 23.7 Å². The molecule has 10 heteroatoms. The number of rotatable bonds is 8. The molecule has 0 unspecified atom stereocenters. The summed E-state index contributed by atoms with van der Waals surface area (Å²) in [5, 5.41) is 0.632. The molecule has 2 aliphatic heterocycles. The van der Waals surface area contributed by atoms with Crippen LogP contribution in [0.1, 0.15) is 80.3 Å². The molecule has 1 aromatic heterocycles. The normalized spacial score (nSPS) is 27.5. The molecular formula is C32H42ClF2N3O4. The van der Waals surface area contributed by atoms with Gasteiger partial charge in [-0.1, -0.05) is 38.2 Å². The van der Waals surface area contributed by atoms with Gasteiger partial charge in [-0.25, -0.2) is 13.6 Å². The zero-order valence-electron chi connectivity index (χ0n) is 24.1. The number of hydrogen-bond acceptors (Lipinski definition) is 5. The van der Waals surface area contributed by atoms with Crippen LogP contribution in [0.15, 0.2) is 24.3 Å². The summed E-state index contributed by atoms with van der Waals surface area (Å²) in [5.41, 5.74) is 5.25. The number of amides is 1. The number of nitrogens with two attached hydrogens (primary N) is 1. The van der Waals surface area contributed by atoms with Crippen LogP contribution in [0.3, 0.4) is 0 Å². The maximum Gasteiger partial charge on any atom is 0.357 e. The number of nitrogens with zero attached hydrogens (tertiary/aromatic N) is 2. The van der Waals surface area contributed by atoms with Crippen LogP contribution in [0.5, 0.6) is 0 Å². The highest BCUT2D eigenvalue weighted by Gasteiger charge is 2.48. The van der Waals surface area contributed by atoms with Crippen LogP contribution < -0.4 is 5.73 Å². The quantitative estimate of drug-likeness (QED) is 0.401. The molecule has 3 heterocycles. The Labute approximate surface area is 251 Å². The molecule has 0 bridgehead atoms. The highest BCUT2D eigenvalue weighted by molar-refractivity contribution is 5.99. The number of ketones is 1. The first-order valence-corrected chi connectivity index (χ1v) is 15.4. The van der Waals surface area contributed by atoms with E-state index >= 15 is 0 Å². The van der Waals surface area contributed by atoms with Gasteiger partial charge in [-0.2, -0.15) is 0 Å². The number of cyclic esters (lactones) is 1. The number of hydrogen-bond donors (Lipinski definition) is 1. The van der Waals surface area contributed by atoms with Crippen molar-refractivity contribution in [3.05, 3.63) is 35.5 Å². The summed E-state index contributed by atoms with van der Waals surface area (Å²) in [7, 11) is 0. The van der Waals surface area contributed by atoms with E-state index in [9.17, 15) is 23.2 Å². The number of halogens is 3. The molecule has 2 saturated carbocycles. The summed E-state index contributed by atoms with van der Waals surface area (Å²) in [6, 6.07) is 6.45. The Morgan fingerprint density at radius 1 is 0.976 bits per heavy atom. The minimum atomic E-state index is -1.98. The number of aromatic nitrogens is 1. The number of carbonyl (C=O) groups excluding carboxylic acids is 3. The molecule has 3 fully saturated rings. The number of likely N-dealkylation sites (tertiary alicyclic amines) is 1. The van der Waals surface area contributed by atoms with E-state index < -0.39 is 31.1 Å². The molecule has 7 nitrogen and oxygen atoms in total. The topological polar surface area (TPSA) is 94.6 Å². The van der Waals surface area contributed by atoms with Gasteiger partial charge < -0.3 is 15.4 Å². The smallest absolute Gasteiger partial charge is 0.357 e. The van der Waals surface area contributed by atoms with Crippen molar-refractivity contribution in [3.63, 3.8) is 0 Å². The SMILES string of the molecule is Cl.NCC1CCC(C(=O)N2CC[C@@H](C3CCCCC3)[C@H]2C(=O)Cc2ccc3c(c2)cc2n3C(CF)(CF)OC2=O)CC1. The summed E-state index contributed by atoms with van der Waals surface area (Å²) < 4.78 is 34.1. The predicted octanol–water partition coefficient (Wildman–Crippen LogP) is 5.50. The van der Waals surface area contributed by atoms with Gasteiger partial charge >= 0.3 is 5.97 Å². The van der Waals surface area contributed by atoms with Crippen molar-refractivity contribution in [1.29, 1.82) is 0 Å². The molecule has 2 aromatic rings. The third-order valence-electron chi connectivity index (χ3n) is 10.4. The van der Waals surface area contributed by atoms with Gasteiger partial charge in [-0.05, 0) is 80.2 Å². The molecule has 1 saturated heterocycles. The number of carbonyl (C=O) groups is 3. The van der Waals surface area contributed by atoms with Crippen molar-refractivity contribution in [3.8, 4) is 0 Å². The van der Waals surface area contributed by atoms with Crippen molar-refractivity contribution in [2.24, 2.45) is 29.4 Å². The van der Waals surface area contributed by atoms with E-state index in [1.165, 1.54) is 23.8 Å². The lowest BCUT2D eigenvalue weighted by Crippen LogP contribution is -2.48. The summed E-state index contributed by atoms with van der Waals surface area (Å²) >= 11 is 0. The van der Waals surface area contributed by atoms with Gasteiger partial charge in [0.1, 0.15) is 5.69 Å². The minimum Gasteiger partial charge on any atom is -0.428 e. The predicted molar refractivity (Wildman–Crippen MR) is 158 cm³/mol. The highest BCUT2D eigenvalue weighted by Crippen LogP contribution is 2.42. The molecule has 2 aliphatic carbocycles. The van der Waals surface area contributed by atoms with Crippen molar-refractivity contribution >= 4 is 41.0 Å². The number of fused-ring (bicyclic) bond motifs is 3. The van der Waals surface area contributed by atoms with Crippen molar-refractivity contribution in [2.75, 3.05) is 26.4 Å². The molecule has 2 N–H and O–H groups in total. The van der Waals surface area contributed by atoms with E-state index in [4.69, 9.17) is 10.5 Å². The Morgan fingerprint density at radius 3 is 2.36 bits per heavy atom. The fraction of sp³-hybridized carbons (Fsp3) is 0.656. The van der Waals surface area contributed by atoms with Crippen molar-refractivity contribution in [1.82, 2.24) is 9.47 Å². The van der Waals surface area contributed by atoms with Gasteiger partial charge in [0.25, 0.3) is 0 Å². The molecule has 1 amide bonds. The number of alkyl halides is 2. The maximum absolute atomic E-state index is 14.1. The molecule has 4 aliphatic rings. The average molecular weight is 606 g/mol. The second-order valence-electron chi connectivity index (χ2n) is 12.8. The van der Waals surface area contributed by atoms with Gasteiger partial charge in [-0.15, -0.1) is 12.4 Å². The third-order valence-corrected chi connectivity index (χ3v) is 10.4. The molecule has 0 spiro atoms. The fourth-order valence-electron chi connectivity index (χ4n) is 8.16. The van der Waals surface area contributed by atoms with Crippen LogP contribution in [0.2, 0.25) is 0 Å². The standard InChI is InChI=1S/C32H41F2N3O4.ClH/c33-18-32(19-34)37-26-11-8-21(14-24(26)16-27(37)31(40)41-32)15-28(38)29-25(22-4-2-1-3-5-22)12-13-36(29)30(39)23-9-6-20(17-35)7-10-23;/h8,11,14,16,20,22-23,25,29H,1-7,9-10,12-13,15,17-19,35H2;1H/t20?,23?,25-,29-;/m0./s1. The molecule has 230 valence electrons. The monoisotopic (exact) mass is 605 g/mol. The Morgan fingerprint density at radius 2 is 1.69 bits per heavy atom. The first kappa shape index (κ1) is 30.9. The van der Waals surface area contributed by atoms with E-state index in [1.54, 1.807) is 18.2 Å². The van der Waals surface area contributed by atoms with E-state index in [1.807, 2.05) is 11.0 Å². The Hall–Kier alpha value is -2.52. The van der Waals surface area contributed by atoms with E-state index in [-0.39, 0.29) is 48.0 Å². The van der Waals surface area contributed by atoms with E-state index in [0.717, 1.165) is 50.5 Å². The molecule has 2 atom stereocenters. The minimum absolute atomic E-state index is 0. The Balaban J connectivity index is 0.00000353. The van der Waals surface area contributed by atoms with E-state index in [2.05, 4.69) is 0 Å². The summed E-state index contributed by atoms with van der Waals surface area (Å²) in [4.78, 5) is 42.2. The van der Waals surface area contributed by atoms with Gasteiger partial charge in [0.05, 0.1) is 11.6 Å². The van der Waals surface area contributed by atoms with Crippen LogP contribution in [-0.4, -0.2) is 59.6 Å². The lowest BCUT2D eigenvalue weighted by Gasteiger charge is -2.36. The molecule has 42 heavy (non-hydrogen) atoms. The van der Waals surface area contributed by atoms with E-state index in [0.29, 0.717) is 35.8 Å². The largest absolute Gasteiger partial charge is 0.428 e. The van der Waals surface area contributed by atoms with Crippen LogP contribution in [0.4, 0.5) is 8.78 Å².